The van der Waals surface area contributed by atoms with Gasteiger partial charge in [0.05, 0.1) is 12.6 Å². The molecule has 0 atom stereocenters. The van der Waals surface area contributed by atoms with Crippen LogP contribution in [0.5, 0.6) is 0 Å². The highest BCUT2D eigenvalue weighted by Crippen LogP contribution is 2.05. The molecular formula is C15H16N6O4. The molecular weight excluding hydrogens is 328 g/mol. The number of nitrogens with zero attached hydrogens (tertiary/aromatic N) is 5. The molecule has 10 heteroatoms. The van der Waals surface area contributed by atoms with Crippen LogP contribution in [0.1, 0.15) is 12.7 Å². The Kier molecular flexibility index (Phi) is 4.09. The van der Waals surface area contributed by atoms with Crippen LogP contribution in [0, 0.1) is 0 Å². The van der Waals surface area contributed by atoms with Crippen LogP contribution < -0.4 is 16.7 Å². The van der Waals surface area contributed by atoms with Crippen LogP contribution in [0.15, 0.2) is 43.8 Å². The van der Waals surface area contributed by atoms with Crippen molar-refractivity contribution in [2.75, 3.05) is 0 Å². The van der Waals surface area contributed by atoms with Crippen molar-refractivity contribution < 1.29 is 9.21 Å². The Morgan fingerprint density at radius 2 is 2.08 bits per heavy atom. The maximum absolute atomic E-state index is 12.3. The fraction of sp³-hybridized carbons (Fsp3) is 0.267. The summed E-state index contributed by atoms with van der Waals surface area (Å²) in [5, 5.41) is 3.95. The number of aromatic nitrogens is 4. The zero-order valence-corrected chi connectivity index (χ0v) is 13.9. The molecule has 0 radical (unpaired) electrons. The summed E-state index contributed by atoms with van der Waals surface area (Å²) in [6, 6.07) is 3.44. The predicted molar refractivity (Wildman–Crippen MR) is 89.3 cm³/mol. The smallest absolute Gasteiger partial charge is 0.332 e. The van der Waals surface area contributed by atoms with Gasteiger partial charge in [-0.3, -0.25) is 18.7 Å². The van der Waals surface area contributed by atoms with Gasteiger partial charge in [-0.05, 0) is 19.1 Å². The zero-order valence-electron chi connectivity index (χ0n) is 13.9. The number of hydrogen-bond donors (Lipinski definition) is 1. The van der Waals surface area contributed by atoms with E-state index in [4.69, 9.17) is 4.42 Å². The highest BCUT2D eigenvalue weighted by atomic mass is 16.3. The summed E-state index contributed by atoms with van der Waals surface area (Å²) < 4.78 is 8.77. The number of carbonyl (C=O) groups excluding carboxylic acids is 1. The van der Waals surface area contributed by atoms with Gasteiger partial charge in [-0.1, -0.05) is 0 Å². The third-order valence-corrected chi connectivity index (χ3v) is 3.76. The summed E-state index contributed by atoms with van der Waals surface area (Å²) in [5.41, 5.74) is 2.30. The molecule has 0 aromatic carbocycles. The molecule has 0 saturated heterocycles. The lowest BCUT2D eigenvalue weighted by molar-refractivity contribution is -0.121. The van der Waals surface area contributed by atoms with E-state index in [1.165, 1.54) is 35.8 Å². The molecule has 0 bridgehead atoms. The Labute approximate surface area is 141 Å². The van der Waals surface area contributed by atoms with Crippen molar-refractivity contribution in [3.05, 3.63) is 51.3 Å². The number of imidazole rings is 1. The molecule has 0 aliphatic carbocycles. The first-order chi connectivity index (χ1) is 11.9. The first kappa shape index (κ1) is 16.4. The van der Waals surface area contributed by atoms with Crippen LogP contribution in [0.4, 0.5) is 0 Å². The molecule has 0 saturated carbocycles. The summed E-state index contributed by atoms with van der Waals surface area (Å²) >= 11 is 0. The molecule has 130 valence electrons. The van der Waals surface area contributed by atoms with Crippen LogP contribution in [0.3, 0.4) is 0 Å². The largest absolute Gasteiger partial charge is 0.463 e. The molecule has 0 unspecified atom stereocenters. The average Bonchev–Trinajstić information content (AvgIpc) is 3.26. The number of hydrogen-bond acceptors (Lipinski definition) is 6. The molecule has 3 aromatic rings. The minimum atomic E-state index is -0.515. The number of nitrogens with one attached hydrogen (secondary N) is 1. The van der Waals surface area contributed by atoms with Crippen molar-refractivity contribution in [1.82, 2.24) is 24.1 Å². The number of aryl methyl sites for hydroxylation is 1. The molecule has 3 rings (SSSR count). The molecule has 3 aromatic heterocycles. The SMILES string of the molecule is CC(=NNC(=O)Cn1cnc2c1c(=O)n(C)c(=O)n2C)c1ccco1. The molecule has 0 aliphatic heterocycles. The standard InChI is InChI=1S/C15H16N6O4/c1-9(10-5-4-6-25-10)17-18-11(22)7-21-8-16-13-12(21)14(23)20(3)15(24)19(13)2/h4-6,8H,7H2,1-3H3,(H,18,22). The van der Waals surface area contributed by atoms with Gasteiger partial charge in [-0.2, -0.15) is 5.10 Å². The summed E-state index contributed by atoms with van der Waals surface area (Å²) in [7, 11) is 2.89. The lowest BCUT2D eigenvalue weighted by Gasteiger charge is -2.06. The van der Waals surface area contributed by atoms with E-state index in [1.54, 1.807) is 19.1 Å². The first-order valence-corrected chi connectivity index (χ1v) is 7.38. The van der Waals surface area contributed by atoms with Crippen LogP contribution in [-0.4, -0.2) is 30.3 Å². The summed E-state index contributed by atoms with van der Waals surface area (Å²) in [6.07, 6.45) is 2.85. The van der Waals surface area contributed by atoms with Gasteiger partial charge in [0, 0.05) is 14.1 Å². The average molecular weight is 344 g/mol. The molecule has 0 spiro atoms. The lowest BCUT2D eigenvalue weighted by atomic mass is 10.3. The molecule has 25 heavy (non-hydrogen) atoms. The van der Waals surface area contributed by atoms with Gasteiger partial charge in [0.15, 0.2) is 11.2 Å². The highest BCUT2D eigenvalue weighted by Gasteiger charge is 2.15. The summed E-state index contributed by atoms with van der Waals surface area (Å²) in [5.74, 6) is 0.0957. The lowest BCUT2D eigenvalue weighted by Crippen LogP contribution is -2.38. The number of fused-ring (bicyclic) bond motifs is 1. The number of hydrazone groups is 1. The van der Waals surface area contributed by atoms with Crippen molar-refractivity contribution in [3.63, 3.8) is 0 Å². The predicted octanol–water partition coefficient (Wildman–Crippen LogP) is -0.433. The second-order valence-corrected chi connectivity index (χ2v) is 5.46. The molecule has 1 N–H and O–H groups in total. The normalized spacial score (nSPS) is 11.9. The Bertz CT molecular complexity index is 1080. The first-order valence-electron chi connectivity index (χ1n) is 7.38. The van der Waals surface area contributed by atoms with Crippen molar-refractivity contribution >= 4 is 22.8 Å². The van der Waals surface area contributed by atoms with Crippen molar-refractivity contribution in [1.29, 1.82) is 0 Å². The fourth-order valence-corrected chi connectivity index (χ4v) is 2.39. The van der Waals surface area contributed by atoms with Gasteiger partial charge in [-0.25, -0.2) is 15.2 Å². The van der Waals surface area contributed by atoms with Gasteiger partial charge in [0.2, 0.25) is 0 Å². The molecule has 0 aliphatic rings. The van der Waals surface area contributed by atoms with Gasteiger partial charge < -0.3 is 8.98 Å². The summed E-state index contributed by atoms with van der Waals surface area (Å²) in [4.78, 5) is 40.4. The Morgan fingerprint density at radius 1 is 1.32 bits per heavy atom. The second kappa shape index (κ2) is 6.23. The maximum atomic E-state index is 12.3. The fourth-order valence-electron chi connectivity index (χ4n) is 2.39. The van der Waals surface area contributed by atoms with E-state index in [1.807, 2.05) is 0 Å². The van der Waals surface area contributed by atoms with E-state index in [-0.39, 0.29) is 17.7 Å². The van der Waals surface area contributed by atoms with Crippen molar-refractivity contribution in [2.24, 2.45) is 19.2 Å². The van der Waals surface area contributed by atoms with Crippen LogP contribution in [-0.2, 0) is 25.4 Å². The number of furan rings is 1. The molecule has 1 amide bonds. The monoisotopic (exact) mass is 344 g/mol. The summed E-state index contributed by atoms with van der Waals surface area (Å²) in [6.45, 7) is 1.52. The molecule has 3 heterocycles. The number of rotatable bonds is 4. The van der Waals surface area contributed by atoms with Crippen LogP contribution in [0.2, 0.25) is 0 Å². The van der Waals surface area contributed by atoms with Crippen LogP contribution in [0.25, 0.3) is 11.2 Å². The van der Waals surface area contributed by atoms with E-state index >= 15 is 0 Å². The maximum Gasteiger partial charge on any atom is 0.332 e. The van der Waals surface area contributed by atoms with E-state index in [0.717, 1.165) is 4.57 Å². The van der Waals surface area contributed by atoms with Gasteiger partial charge >= 0.3 is 5.69 Å². The van der Waals surface area contributed by atoms with Gasteiger partial charge in [0.1, 0.15) is 18.0 Å². The second-order valence-electron chi connectivity index (χ2n) is 5.46. The van der Waals surface area contributed by atoms with Crippen molar-refractivity contribution in [3.8, 4) is 0 Å². The van der Waals surface area contributed by atoms with E-state index in [9.17, 15) is 14.4 Å². The number of carbonyl (C=O) groups is 1. The third kappa shape index (κ3) is 2.89. The Morgan fingerprint density at radius 3 is 2.76 bits per heavy atom. The van der Waals surface area contributed by atoms with Gasteiger partial charge in [-0.15, -0.1) is 0 Å². The highest BCUT2D eigenvalue weighted by molar-refractivity contribution is 5.96. The van der Waals surface area contributed by atoms with E-state index in [2.05, 4.69) is 15.5 Å². The topological polar surface area (TPSA) is 116 Å². The minimum absolute atomic E-state index is 0.168. The van der Waals surface area contributed by atoms with E-state index in [0.29, 0.717) is 11.5 Å². The van der Waals surface area contributed by atoms with E-state index < -0.39 is 17.2 Å². The third-order valence-electron chi connectivity index (χ3n) is 3.76. The molecule has 0 fully saturated rings. The zero-order chi connectivity index (χ0) is 18.1. The number of amides is 1. The van der Waals surface area contributed by atoms with Crippen LogP contribution >= 0.6 is 0 Å². The molecule has 10 nitrogen and oxygen atoms in total. The van der Waals surface area contributed by atoms with Gasteiger partial charge in [0.25, 0.3) is 11.5 Å². The Hall–Kier alpha value is -3.43. The Balaban J connectivity index is 1.86. The van der Waals surface area contributed by atoms with Crippen molar-refractivity contribution in [2.45, 2.75) is 13.5 Å². The quantitative estimate of drug-likeness (QED) is 0.509. The minimum Gasteiger partial charge on any atom is -0.463 e.